The molecule has 8 heteroatoms. The van der Waals surface area contributed by atoms with Gasteiger partial charge in [-0.3, -0.25) is 9.48 Å². The largest absolute Gasteiger partial charge is 0.489 e. The Balaban J connectivity index is 1.42. The SMILES string of the molecule is Cc1ccc(OCc2csc(C(=O)Nc3c(C)nn(Cc4ccc(Cl)c(Cl)c4)c3C)c2)c(C)c1. The van der Waals surface area contributed by atoms with Crippen LogP contribution >= 0.6 is 34.5 Å². The standard InChI is InChI=1S/C26H25Cl2N3O2S/c1-15-5-8-23(16(2)9-15)33-13-20-11-24(34-14-20)26(32)29-25-17(3)30-31(18(25)4)12-19-6-7-21(27)22(28)10-19/h5-11,14H,12-13H2,1-4H3,(H,29,32). The van der Waals surface area contributed by atoms with Gasteiger partial charge in [0.05, 0.1) is 38.5 Å². The molecule has 4 rings (SSSR count). The summed E-state index contributed by atoms with van der Waals surface area (Å²) in [5.41, 5.74) is 6.56. The van der Waals surface area contributed by atoms with Crippen LogP contribution in [0.5, 0.6) is 5.75 Å². The van der Waals surface area contributed by atoms with Crippen LogP contribution in [-0.4, -0.2) is 15.7 Å². The van der Waals surface area contributed by atoms with E-state index in [-0.39, 0.29) is 5.91 Å². The number of aryl methyl sites for hydroxylation is 3. The molecule has 34 heavy (non-hydrogen) atoms. The van der Waals surface area contributed by atoms with E-state index >= 15 is 0 Å². The third-order valence-electron chi connectivity index (χ3n) is 5.54. The molecule has 5 nitrogen and oxygen atoms in total. The first-order chi connectivity index (χ1) is 16.2. The molecule has 0 aliphatic carbocycles. The van der Waals surface area contributed by atoms with Gasteiger partial charge in [0.15, 0.2) is 0 Å². The van der Waals surface area contributed by atoms with Crippen molar-refractivity contribution in [1.29, 1.82) is 0 Å². The Morgan fingerprint density at radius 3 is 2.56 bits per heavy atom. The lowest BCUT2D eigenvalue weighted by atomic mass is 10.1. The lowest BCUT2D eigenvalue weighted by Gasteiger charge is -2.08. The van der Waals surface area contributed by atoms with Gasteiger partial charge in [0.2, 0.25) is 0 Å². The number of carbonyl (C=O) groups is 1. The van der Waals surface area contributed by atoms with Crippen molar-refractivity contribution < 1.29 is 9.53 Å². The zero-order chi connectivity index (χ0) is 24.4. The Kier molecular flexibility index (Phi) is 7.31. The first kappa shape index (κ1) is 24.3. The zero-order valence-corrected chi connectivity index (χ0v) is 21.7. The summed E-state index contributed by atoms with van der Waals surface area (Å²) in [5, 5.41) is 10.6. The van der Waals surface area contributed by atoms with Gasteiger partial charge in [-0.15, -0.1) is 11.3 Å². The molecular weight excluding hydrogens is 489 g/mol. The van der Waals surface area contributed by atoms with Gasteiger partial charge in [-0.1, -0.05) is 47.0 Å². The molecule has 0 radical (unpaired) electrons. The van der Waals surface area contributed by atoms with E-state index in [2.05, 4.69) is 23.4 Å². The first-order valence-electron chi connectivity index (χ1n) is 10.8. The molecule has 0 saturated carbocycles. The van der Waals surface area contributed by atoms with Crippen LogP contribution in [0.1, 0.15) is 43.3 Å². The second-order valence-electron chi connectivity index (χ2n) is 8.28. The number of benzene rings is 2. The number of hydrogen-bond donors (Lipinski definition) is 1. The molecule has 0 aliphatic heterocycles. The Labute approximate surface area is 213 Å². The van der Waals surface area contributed by atoms with Crippen molar-refractivity contribution in [3.63, 3.8) is 0 Å². The molecule has 0 unspecified atom stereocenters. The molecule has 0 fully saturated rings. The molecule has 4 aromatic rings. The zero-order valence-electron chi connectivity index (χ0n) is 19.4. The molecule has 176 valence electrons. The average Bonchev–Trinajstić information content (AvgIpc) is 3.36. The molecule has 0 atom stereocenters. The summed E-state index contributed by atoms with van der Waals surface area (Å²) in [6.07, 6.45) is 0. The summed E-state index contributed by atoms with van der Waals surface area (Å²) in [6, 6.07) is 13.5. The molecule has 0 saturated heterocycles. The Hall–Kier alpha value is -2.80. The highest BCUT2D eigenvalue weighted by Gasteiger charge is 2.17. The van der Waals surface area contributed by atoms with Crippen molar-refractivity contribution in [1.82, 2.24) is 9.78 Å². The highest BCUT2D eigenvalue weighted by molar-refractivity contribution is 7.12. The third kappa shape index (κ3) is 5.46. The van der Waals surface area contributed by atoms with E-state index in [4.69, 9.17) is 27.9 Å². The highest BCUT2D eigenvalue weighted by Crippen LogP contribution is 2.26. The summed E-state index contributed by atoms with van der Waals surface area (Å²) >= 11 is 13.6. The number of anilines is 1. The van der Waals surface area contributed by atoms with Crippen LogP contribution in [0.15, 0.2) is 47.8 Å². The maximum atomic E-state index is 12.9. The minimum absolute atomic E-state index is 0.164. The summed E-state index contributed by atoms with van der Waals surface area (Å²) < 4.78 is 7.80. The van der Waals surface area contributed by atoms with Gasteiger partial charge >= 0.3 is 0 Å². The van der Waals surface area contributed by atoms with Crippen LogP contribution in [-0.2, 0) is 13.2 Å². The predicted octanol–water partition coefficient (Wildman–Crippen LogP) is 7.36. The van der Waals surface area contributed by atoms with E-state index in [1.165, 1.54) is 16.9 Å². The average molecular weight is 514 g/mol. The van der Waals surface area contributed by atoms with Gasteiger partial charge in [0.1, 0.15) is 12.4 Å². The van der Waals surface area contributed by atoms with Crippen molar-refractivity contribution in [2.24, 2.45) is 0 Å². The van der Waals surface area contributed by atoms with Gasteiger partial charge < -0.3 is 10.1 Å². The Bertz CT molecular complexity index is 1360. The topological polar surface area (TPSA) is 56.1 Å². The number of carbonyl (C=O) groups excluding carboxylic acids is 1. The quantitative estimate of drug-likeness (QED) is 0.280. The predicted molar refractivity (Wildman–Crippen MR) is 140 cm³/mol. The van der Waals surface area contributed by atoms with Crippen LogP contribution in [0, 0.1) is 27.7 Å². The van der Waals surface area contributed by atoms with Crippen LogP contribution in [0.2, 0.25) is 10.0 Å². The maximum Gasteiger partial charge on any atom is 0.265 e. The molecule has 2 aromatic heterocycles. The summed E-state index contributed by atoms with van der Waals surface area (Å²) in [7, 11) is 0. The van der Waals surface area contributed by atoms with E-state index < -0.39 is 0 Å². The van der Waals surface area contributed by atoms with E-state index in [1.54, 1.807) is 6.07 Å². The number of nitrogens with zero attached hydrogens (tertiary/aromatic N) is 2. The van der Waals surface area contributed by atoms with Crippen molar-refractivity contribution in [2.45, 2.75) is 40.8 Å². The molecule has 1 amide bonds. The third-order valence-corrected chi connectivity index (χ3v) is 7.26. The highest BCUT2D eigenvalue weighted by atomic mass is 35.5. The fourth-order valence-electron chi connectivity index (χ4n) is 3.71. The van der Waals surface area contributed by atoms with E-state index in [0.717, 1.165) is 33.8 Å². The van der Waals surface area contributed by atoms with E-state index in [9.17, 15) is 4.79 Å². The maximum absolute atomic E-state index is 12.9. The molecular formula is C26H25Cl2N3O2S. The number of aromatic nitrogens is 2. The summed E-state index contributed by atoms with van der Waals surface area (Å²) in [6.45, 7) is 8.84. The second-order valence-corrected chi connectivity index (χ2v) is 10.0. The number of rotatable bonds is 7. The lowest BCUT2D eigenvalue weighted by molar-refractivity contribution is 0.103. The number of ether oxygens (including phenoxy) is 1. The van der Waals surface area contributed by atoms with Crippen molar-refractivity contribution in [3.8, 4) is 5.75 Å². The summed E-state index contributed by atoms with van der Waals surface area (Å²) in [4.78, 5) is 13.6. The number of hydrogen-bond acceptors (Lipinski definition) is 4. The fourth-order valence-corrected chi connectivity index (χ4v) is 4.82. The first-order valence-corrected chi connectivity index (χ1v) is 12.4. The number of thiophene rings is 1. The van der Waals surface area contributed by atoms with Crippen LogP contribution in [0.4, 0.5) is 5.69 Å². The molecule has 0 bridgehead atoms. The Morgan fingerprint density at radius 2 is 1.82 bits per heavy atom. The van der Waals surface area contributed by atoms with Crippen molar-refractivity contribution in [2.75, 3.05) is 5.32 Å². The van der Waals surface area contributed by atoms with Crippen molar-refractivity contribution in [3.05, 3.63) is 96.4 Å². The van der Waals surface area contributed by atoms with Crippen LogP contribution < -0.4 is 10.1 Å². The summed E-state index contributed by atoms with van der Waals surface area (Å²) in [5.74, 6) is 0.687. The van der Waals surface area contributed by atoms with Gasteiger partial charge in [-0.05, 0) is 68.5 Å². The second kappa shape index (κ2) is 10.2. The molecule has 0 aliphatic rings. The molecule has 0 spiro atoms. The van der Waals surface area contributed by atoms with Gasteiger partial charge in [0, 0.05) is 5.56 Å². The van der Waals surface area contributed by atoms with Crippen LogP contribution in [0.3, 0.4) is 0 Å². The number of nitrogens with one attached hydrogen (secondary N) is 1. The normalized spacial score (nSPS) is 11.0. The van der Waals surface area contributed by atoms with Gasteiger partial charge in [0.25, 0.3) is 5.91 Å². The van der Waals surface area contributed by atoms with Crippen molar-refractivity contribution >= 4 is 46.1 Å². The monoisotopic (exact) mass is 513 g/mol. The van der Waals surface area contributed by atoms with E-state index in [1.807, 2.05) is 61.2 Å². The molecule has 2 aromatic carbocycles. The fraction of sp³-hybridized carbons (Fsp3) is 0.231. The van der Waals surface area contributed by atoms with Gasteiger partial charge in [-0.25, -0.2) is 0 Å². The van der Waals surface area contributed by atoms with E-state index in [0.29, 0.717) is 33.8 Å². The number of halogens is 2. The smallest absolute Gasteiger partial charge is 0.265 e. The Morgan fingerprint density at radius 1 is 1.03 bits per heavy atom. The lowest BCUT2D eigenvalue weighted by Crippen LogP contribution is -2.12. The minimum Gasteiger partial charge on any atom is -0.489 e. The van der Waals surface area contributed by atoms with Gasteiger partial charge in [-0.2, -0.15) is 5.10 Å². The van der Waals surface area contributed by atoms with Crippen LogP contribution in [0.25, 0.3) is 0 Å². The number of amides is 1. The minimum atomic E-state index is -0.164. The molecule has 1 N–H and O–H groups in total. The molecule has 2 heterocycles.